The van der Waals surface area contributed by atoms with Gasteiger partial charge in [-0.2, -0.15) is 10.5 Å². The van der Waals surface area contributed by atoms with E-state index in [9.17, 15) is 24.9 Å². The fourth-order valence-corrected chi connectivity index (χ4v) is 13.9. The maximum Gasteiger partial charge on any atom is 0.494 e. The van der Waals surface area contributed by atoms with E-state index in [0.29, 0.717) is 106 Å². The zero-order valence-corrected chi connectivity index (χ0v) is 76.4. The van der Waals surface area contributed by atoms with E-state index in [1.807, 2.05) is 145 Å². The fourth-order valence-electron chi connectivity index (χ4n) is 13.5. The number of aromatic carboxylic acids is 1. The monoisotopic (exact) mass is 1740 g/mol. The number of carboxylic acids is 1. The van der Waals surface area contributed by atoms with Crippen LogP contribution in [0, 0.1) is 29.6 Å². The standard InChI is InChI=1S/C33H38N6O4.C21H25ClN4O2.C18H25BN2O3.C14H9ClN2O4.C7H18N2/c1-33(2,11-13-39(3)4)38-32(40)28-18-29(41-5)25(20-36-28)30-17-27-31(43-30)24(8-12-35-27)21-6-7-26(22(16-21)19-34)37-23-9-14-42-15-10-23;1-13-10-17(20(27)25-21(2,3)7-9-26(4)5)24-12-14(13)18-11-16-19(28-18)15(22)6-8-23-16;1-17(2)18(3,4)24-19(23-17)14-5-6-16(13(11-14)12-20)21-15-7-9-22-10-8-15;1-20-11-5-10(14(18)19)17-6-7(11)12-4-9-13(21-12)8(15)2-3-16-9;1-7(2,8)5-6-9(3)4/h6-8,12,16-18,20,23,37H,9-11,13-15H2,1-5H3,(H,38,40);6,8,10-12H,7,9H2,1-5H3,(H,25,27);5-6,11,15,21H,7-10H2,1-4H3;2-6H,1H3,(H,18,19);5-6,8H2,1-4H3. The average Bonchev–Trinajstić information content (AvgIpc) is 1.67. The molecule has 2 amide bonds. The van der Waals surface area contributed by atoms with Crippen molar-refractivity contribution in [3.8, 4) is 68.7 Å². The van der Waals surface area contributed by atoms with E-state index in [2.05, 4.69) is 106 Å². The lowest BCUT2D eigenvalue weighted by atomic mass is 9.78. The van der Waals surface area contributed by atoms with E-state index in [1.165, 1.54) is 19.4 Å². The smallest absolute Gasteiger partial charge is 0.494 e. The van der Waals surface area contributed by atoms with E-state index >= 15 is 0 Å². The maximum atomic E-state index is 13.0. The number of nitrogens with two attached hydrogens (primary N) is 1. The Morgan fingerprint density at radius 3 is 1.36 bits per heavy atom. The number of aromatic nitrogens is 6. The molecule has 29 nitrogen and oxygen atoms in total. The molecule has 11 aromatic rings. The zero-order chi connectivity index (χ0) is 90.9. The maximum absolute atomic E-state index is 13.0. The molecule has 662 valence electrons. The minimum absolute atomic E-state index is 0.00965. The lowest BCUT2D eigenvalue weighted by molar-refractivity contribution is 0.00578. The van der Waals surface area contributed by atoms with Crippen molar-refractivity contribution in [2.24, 2.45) is 5.73 Å². The molecule has 14 rings (SSSR count). The number of hydrogen-bond donors (Lipinski definition) is 6. The van der Waals surface area contributed by atoms with Gasteiger partial charge in [0.2, 0.25) is 0 Å². The Morgan fingerprint density at radius 2 is 0.936 bits per heavy atom. The molecule has 32 heteroatoms. The minimum Gasteiger partial charge on any atom is -0.496 e. The quantitative estimate of drug-likeness (QED) is 0.0289. The number of hydrogen-bond acceptors (Lipinski definition) is 26. The summed E-state index contributed by atoms with van der Waals surface area (Å²) in [4.78, 5) is 68.5. The second kappa shape index (κ2) is 42.2. The summed E-state index contributed by atoms with van der Waals surface area (Å²) in [5.41, 5.74) is 16.5. The number of pyridine rings is 6. The highest BCUT2D eigenvalue weighted by Crippen LogP contribution is 2.41. The van der Waals surface area contributed by atoms with Crippen molar-refractivity contribution in [3.05, 3.63) is 172 Å². The number of carbonyl (C=O) groups is 3. The third kappa shape index (κ3) is 26.0. The number of fused-ring (bicyclic) bond motifs is 3. The van der Waals surface area contributed by atoms with E-state index in [1.54, 1.807) is 68.4 Å². The number of aryl methyl sites for hydroxylation is 1. The molecule has 3 aliphatic rings. The zero-order valence-electron chi connectivity index (χ0n) is 74.9. The number of carbonyl (C=O) groups excluding carboxylic acids is 2. The highest BCUT2D eigenvalue weighted by Gasteiger charge is 2.52. The van der Waals surface area contributed by atoms with Crippen LogP contribution in [0.15, 0.2) is 141 Å². The largest absolute Gasteiger partial charge is 0.496 e. The molecule has 0 spiro atoms. The first kappa shape index (κ1) is 96.1. The van der Waals surface area contributed by atoms with Crippen LogP contribution in [-0.2, 0) is 18.8 Å². The summed E-state index contributed by atoms with van der Waals surface area (Å²) in [6.07, 6.45) is 16.0. The topological polar surface area (TPSA) is 375 Å². The van der Waals surface area contributed by atoms with Gasteiger partial charge in [-0.3, -0.25) is 34.5 Å². The summed E-state index contributed by atoms with van der Waals surface area (Å²) in [5.74, 6) is 0.800. The lowest BCUT2D eigenvalue weighted by Gasteiger charge is -2.32. The van der Waals surface area contributed by atoms with Gasteiger partial charge in [-0.1, -0.05) is 35.3 Å². The summed E-state index contributed by atoms with van der Waals surface area (Å²) in [5, 5.41) is 42.4. The number of nitrogens with zero attached hydrogens (tertiary/aromatic N) is 11. The predicted octanol–water partition coefficient (Wildman–Crippen LogP) is 16.2. The molecule has 0 bridgehead atoms. The normalized spacial score (nSPS) is 14.7. The Kier molecular flexibility index (Phi) is 32.5. The van der Waals surface area contributed by atoms with Crippen molar-refractivity contribution in [1.82, 2.24) is 55.2 Å². The van der Waals surface area contributed by atoms with Gasteiger partial charge in [-0.15, -0.1) is 0 Å². The number of rotatable bonds is 25. The molecule has 3 saturated heterocycles. The Morgan fingerprint density at radius 1 is 0.536 bits per heavy atom. The van der Waals surface area contributed by atoms with Gasteiger partial charge in [-0.25, -0.2) is 9.78 Å². The molecule has 0 radical (unpaired) electrons. The van der Waals surface area contributed by atoms with Crippen LogP contribution in [0.1, 0.15) is 162 Å². The van der Waals surface area contributed by atoms with Crippen LogP contribution in [0.3, 0.4) is 0 Å². The number of amides is 2. The van der Waals surface area contributed by atoms with Crippen LogP contribution < -0.4 is 41.9 Å². The number of nitrogens with one attached hydrogen (secondary N) is 4. The summed E-state index contributed by atoms with van der Waals surface area (Å²) in [6, 6.07) is 32.1. The van der Waals surface area contributed by atoms with Crippen molar-refractivity contribution in [2.45, 2.75) is 161 Å². The Labute approximate surface area is 741 Å². The predicted molar refractivity (Wildman–Crippen MR) is 489 cm³/mol. The van der Waals surface area contributed by atoms with Crippen LogP contribution in [0.5, 0.6) is 11.5 Å². The van der Waals surface area contributed by atoms with Gasteiger partial charge in [-0.05, 0) is 248 Å². The van der Waals surface area contributed by atoms with Gasteiger partial charge >= 0.3 is 13.1 Å². The third-order valence-corrected chi connectivity index (χ3v) is 22.3. The van der Waals surface area contributed by atoms with Gasteiger partial charge in [0.05, 0.1) is 69.1 Å². The van der Waals surface area contributed by atoms with E-state index in [4.69, 9.17) is 75.5 Å². The summed E-state index contributed by atoms with van der Waals surface area (Å²) < 4.78 is 51.7. The number of anilines is 2. The second-order valence-electron chi connectivity index (χ2n) is 34.9. The average molecular weight is 1750 g/mol. The number of halogens is 2. The van der Waals surface area contributed by atoms with Crippen LogP contribution in [0.2, 0.25) is 10.0 Å². The highest BCUT2D eigenvalue weighted by atomic mass is 35.5. The first-order valence-electron chi connectivity index (χ1n) is 41.4. The number of carboxylic acid groups (broad SMARTS) is 1. The van der Waals surface area contributed by atoms with Gasteiger partial charge in [0.15, 0.2) is 22.4 Å². The molecule has 125 heavy (non-hydrogen) atoms. The summed E-state index contributed by atoms with van der Waals surface area (Å²) in [6.45, 7) is 27.9. The summed E-state index contributed by atoms with van der Waals surface area (Å²) >= 11 is 12.2. The Balaban J connectivity index is 0.000000174. The number of ether oxygens (including phenoxy) is 4. The molecule has 0 unspecified atom stereocenters. The van der Waals surface area contributed by atoms with Gasteiger partial charge < -0.3 is 88.3 Å². The van der Waals surface area contributed by atoms with Crippen LogP contribution in [0.25, 0.3) is 78.4 Å². The molecule has 9 aromatic heterocycles. The molecule has 0 atom stereocenters. The van der Waals surface area contributed by atoms with Crippen LogP contribution >= 0.6 is 23.2 Å². The van der Waals surface area contributed by atoms with Gasteiger partial charge in [0.25, 0.3) is 11.8 Å². The Hall–Kier alpha value is -11.1. The van der Waals surface area contributed by atoms with E-state index < -0.39 is 18.6 Å². The molecule has 0 aliphatic carbocycles. The van der Waals surface area contributed by atoms with E-state index in [0.717, 1.165) is 130 Å². The molecular formula is C93H115BCl2N16O13. The van der Waals surface area contributed by atoms with Crippen molar-refractivity contribution >= 4 is 98.2 Å². The number of furan rings is 3. The first-order chi connectivity index (χ1) is 59.2. The first-order valence-corrected chi connectivity index (χ1v) is 42.2. The molecule has 3 fully saturated rings. The number of benzene rings is 2. The fraction of sp³-hybridized carbons (Fsp3) is 0.430. The van der Waals surface area contributed by atoms with Crippen LogP contribution in [0.4, 0.5) is 11.4 Å². The molecule has 0 saturated carbocycles. The van der Waals surface area contributed by atoms with Crippen molar-refractivity contribution < 1.29 is 61.0 Å². The molecule has 3 aliphatic heterocycles. The van der Waals surface area contributed by atoms with Crippen molar-refractivity contribution in [3.63, 3.8) is 0 Å². The molecule has 2 aromatic carbocycles. The van der Waals surface area contributed by atoms with Crippen LogP contribution in [-0.4, -0.2) is 217 Å². The molecule has 12 heterocycles. The van der Waals surface area contributed by atoms with E-state index in [-0.39, 0.29) is 51.5 Å². The lowest BCUT2D eigenvalue weighted by Crippen LogP contribution is -2.45. The van der Waals surface area contributed by atoms with Gasteiger partial charge in [0.1, 0.15) is 68.9 Å². The van der Waals surface area contributed by atoms with Gasteiger partial charge in [0, 0.05) is 134 Å². The molecule has 7 N–H and O–H groups in total. The SMILES string of the molecule is CC1(C)OB(c2ccc(NC3CCOCC3)c(C#N)c2)OC1(C)C.CN(C)CCC(C)(C)N.COc1cc(C(=O)NC(C)(C)CCN(C)C)ncc1-c1cc2nccc(-c3ccc(NC4CCOCC4)c(C#N)c3)c2o1.COc1cc(C(=O)O)ncc1-c1cc2nccc(Cl)c2o1.Cc1cc(C(=O)NC(C)(C)CCN(C)C)ncc1-c1cc2nccc(Cl)c2o1. The second-order valence-corrected chi connectivity index (χ2v) is 35.7. The molecular weight excluding hydrogens is 1630 g/mol. The van der Waals surface area contributed by atoms with Crippen molar-refractivity contribution in [1.29, 1.82) is 10.5 Å². The highest BCUT2D eigenvalue weighted by molar-refractivity contribution is 6.62. The number of methoxy groups -OCH3 is 2. The third-order valence-electron chi connectivity index (χ3n) is 21.7. The Bertz CT molecular complexity index is 5640. The van der Waals surface area contributed by atoms with Crippen molar-refractivity contribution in [2.75, 3.05) is 113 Å². The number of nitriles is 2. The minimum atomic E-state index is -1.13. The summed E-state index contributed by atoms with van der Waals surface area (Å²) in [7, 11) is 14.7.